The fourth-order valence-electron chi connectivity index (χ4n) is 0.972. The van der Waals surface area contributed by atoms with Crippen LogP contribution < -0.4 is 5.73 Å². The van der Waals surface area contributed by atoms with Gasteiger partial charge in [-0.25, -0.2) is 4.98 Å². The first-order valence-electron chi connectivity index (χ1n) is 4.89. The maximum Gasteiger partial charge on any atom is 0.180 e. The second-order valence-electron chi connectivity index (χ2n) is 4.19. The van der Waals surface area contributed by atoms with Gasteiger partial charge in [0.1, 0.15) is 0 Å². The predicted molar refractivity (Wildman–Crippen MR) is 61.9 cm³/mol. The third kappa shape index (κ3) is 5.71. The molecule has 2 N–H and O–H groups in total. The van der Waals surface area contributed by atoms with E-state index in [1.807, 2.05) is 26.2 Å². The molecule has 1 rings (SSSR count). The molecular weight excluding hydrogens is 212 g/mol. The molecule has 1 aromatic heterocycles. The molecule has 0 bridgehead atoms. The van der Waals surface area contributed by atoms with Gasteiger partial charge in [0.25, 0.3) is 0 Å². The molecule has 0 spiro atoms. The van der Waals surface area contributed by atoms with Crippen molar-refractivity contribution in [2.24, 2.45) is 0 Å². The highest BCUT2D eigenvalue weighted by molar-refractivity contribution is 7.13. The summed E-state index contributed by atoms with van der Waals surface area (Å²) in [5.74, 6) is 0. The van der Waals surface area contributed by atoms with E-state index in [4.69, 9.17) is 15.2 Å². The highest BCUT2D eigenvalue weighted by Gasteiger charge is 2.09. The highest BCUT2D eigenvalue weighted by atomic mass is 32.1. The van der Waals surface area contributed by atoms with Crippen LogP contribution >= 0.6 is 11.3 Å². The molecule has 86 valence electrons. The SMILES string of the molecule is CC(C)(C)OCCOCc1csc(N)n1. The van der Waals surface area contributed by atoms with Crippen molar-refractivity contribution >= 4 is 16.5 Å². The fourth-order valence-corrected chi connectivity index (χ4v) is 1.52. The van der Waals surface area contributed by atoms with Gasteiger partial charge in [0.2, 0.25) is 0 Å². The van der Waals surface area contributed by atoms with Gasteiger partial charge in [0, 0.05) is 5.38 Å². The molecule has 0 aliphatic carbocycles. The first-order valence-corrected chi connectivity index (χ1v) is 5.77. The van der Waals surface area contributed by atoms with Crippen LogP contribution in [-0.2, 0) is 16.1 Å². The molecular formula is C10H18N2O2S. The number of thiazole rings is 1. The highest BCUT2D eigenvalue weighted by Crippen LogP contribution is 2.11. The van der Waals surface area contributed by atoms with E-state index in [0.29, 0.717) is 25.0 Å². The molecule has 1 heterocycles. The zero-order chi connectivity index (χ0) is 11.3. The number of anilines is 1. The molecule has 4 nitrogen and oxygen atoms in total. The average molecular weight is 230 g/mol. The average Bonchev–Trinajstić information content (AvgIpc) is 2.49. The minimum absolute atomic E-state index is 0.103. The number of ether oxygens (including phenoxy) is 2. The van der Waals surface area contributed by atoms with E-state index in [0.717, 1.165) is 5.69 Å². The van der Waals surface area contributed by atoms with Crippen LogP contribution in [0.25, 0.3) is 0 Å². The molecule has 0 atom stereocenters. The van der Waals surface area contributed by atoms with Gasteiger partial charge >= 0.3 is 0 Å². The molecule has 0 radical (unpaired) electrons. The van der Waals surface area contributed by atoms with Crippen molar-refractivity contribution in [3.05, 3.63) is 11.1 Å². The number of nitrogens with zero attached hydrogens (tertiary/aromatic N) is 1. The quantitative estimate of drug-likeness (QED) is 0.787. The Morgan fingerprint density at radius 3 is 2.67 bits per heavy atom. The first kappa shape index (κ1) is 12.4. The molecule has 1 aromatic rings. The lowest BCUT2D eigenvalue weighted by Gasteiger charge is -2.19. The Labute approximate surface area is 94.4 Å². The minimum Gasteiger partial charge on any atom is -0.375 e. The number of nitrogen functional groups attached to an aromatic ring is 1. The largest absolute Gasteiger partial charge is 0.375 e. The van der Waals surface area contributed by atoms with Gasteiger partial charge in [-0.2, -0.15) is 0 Å². The number of nitrogens with two attached hydrogens (primary N) is 1. The second-order valence-corrected chi connectivity index (χ2v) is 5.08. The Morgan fingerprint density at radius 1 is 1.40 bits per heavy atom. The van der Waals surface area contributed by atoms with Crippen LogP contribution in [0.15, 0.2) is 5.38 Å². The van der Waals surface area contributed by atoms with Crippen molar-refractivity contribution in [1.29, 1.82) is 0 Å². The van der Waals surface area contributed by atoms with Crippen molar-refractivity contribution in [2.75, 3.05) is 18.9 Å². The minimum atomic E-state index is -0.103. The summed E-state index contributed by atoms with van der Waals surface area (Å²) in [7, 11) is 0. The number of hydrogen-bond donors (Lipinski definition) is 1. The molecule has 0 saturated heterocycles. The van der Waals surface area contributed by atoms with Crippen LogP contribution in [0.3, 0.4) is 0 Å². The summed E-state index contributed by atoms with van der Waals surface area (Å²) < 4.78 is 10.9. The molecule has 0 fully saturated rings. The molecule has 0 amide bonds. The maximum absolute atomic E-state index is 5.50. The van der Waals surface area contributed by atoms with Gasteiger partial charge in [-0.1, -0.05) is 0 Å². The lowest BCUT2D eigenvalue weighted by molar-refractivity contribution is -0.0379. The zero-order valence-corrected chi connectivity index (χ0v) is 10.3. The summed E-state index contributed by atoms with van der Waals surface area (Å²) in [5, 5.41) is 2.49. The Morgan fingerprint density at radius 2 is 2.13 bits per heavy atom. The monoisotopic (exact) mass is 230 g/mol. The van der Waals surface area contributed by atoms with E-state index in [9.17, 15) is 0 Å². The van der Waals surface area contributed by atoms with E-state index in [2.05, 4.69) is 4.98 Å². The molecule has 0 saturated carbocycles. The molecule has 15 heavy (non-hydrogen) atoms. The van der Waals surface area contributed by atoms with Crippen molar-refractivity contribution in [1.82, 2.24) is 4.98 Å². The summed E-state index contributed by atoms with van der Waals surface area (Å²) in [6.45, 7) is 7.75. The standard InChI is InChI=1S/C10H18N2O2S/c1-10(2,3)14-5-4-13-6-8-7-15-9(11)12-8/h7H,4-6H2,1-3H3,(H2,11,12). The number of rotatable bonds is 5. The van der Waals surface area contributed by atoms with Crippen LogP contribution in [0.5, 0.6) is 0 Å². The summed E-state index contributed by atoms with van der Waals surface area (Å²) in [6.07, 6.45) is 0. The lowest BCUT2D eigenvalue weighted by Crippen LogP contribution is -2.21. The summed E-state index contributed by atoms with van der Waals surface area (Å²) in [5.41, 5.74) is 6.27. The van der Waals surface area contributed by atoms with Gasteiger partial charge in [0.05, 0.1) is 31.1 Å². The van der Waals surface area contributed by atoms with Gasteiger partial charge in [-0.15, -0.1) is 11.3 Å². The van der Waals surface area contributed by atoms with Gasteiger partial charge < -0.3 is 15.2 Å². The Hall–Kier alpha value is -0.650. The summed E-state index contributed by atoms with van der Waals surface area (Å²) in [4.78, 5) is 4.09. The van der Waals surface area contributed by atoms with Crippen molar-refractivity contribution in [3.8, 4) is 0 Å². The fraction of sp³-hybridized carbons (Fsp3) is 0.700. The van der Waals surface area contributed by atoms with Crippen LogP contribution in [0.4, 0.5) is 5.13 Å². The van der Waals surface area contributed by atoms with Crippen LogP contribution in [0.2, 0.25) is 0 Å². The topological polar surface area (TPSA) is 57.4 Å². The van der Waals surface area contributed by atoms with Crippen molar-refractivity contribution in [3.63, 3.8) is 0 Å². The zero-order valence-electron chi connectivity index (χ0n) is 9.45. The van der Waals surface area contributed by atoms with Crippen molar-refractivity contribution in [2.45, 2.75) is 33.0 Å². The maximum atomic E-state index is 5.50. The van der Waals surface area contributed by atoms with Gasteiger partial charge in [-0.05, 0) is 20.8 Å². The van der Waals surface area contributed by atoms with E-state index >= 15 is 0 Å². The van der Waals surface area contributed by atoms with Gasteiger partial charge in [0.15, 0.2) is 5.13 Å². The molecule has 0 unspecified atom stereocenters. The van der Waals surface area contributed by atoms with Crippen LogP contribution in [-0.4, -0.2) is 23.8 Å². The van der Waals surface area contributed by atoms with Crippen molar-refractivity contribution < 1.29 is 9.47 Å². The molecule has 5 heteroatoms. The third-order valence-corrected chi connectivity index (χ3v) is 2.30. The van der Waals surface area contributed by atoms with E-state index < -0.39 is 0 Å². The summed E-state index contributed by atoms with van der Waals surface area (Å²) in [6, 6.07) is 0. The molecule has 0 aliphatic heterocycles. The lowest BCUT2D eigenvalue weighted by atomic mass is 10.2. The molecule has 0 aromatic carbocycles. The Kier molecular flexibility index (Phi) is 4.50. The number of aromatic nitrogens is 1. The third-order valence-electron chi connectivity index (χ3n) is 1.58. The van der Waals surface area contributed by atoms with E-state index in [-0.39, 0.29) is 5.60 Å². The van der Waals surface area contributed by atoms with Gasteiger partial charge in [-0.3, -0.25) is 0 Å². The summed E-state index contributed by atoms with van der Waals surface area (Å²) >= 11 is 1.43. The Balaban J connectivity index is 2.07. The van der Waals surface area contributed by atoms with Crippen LogP contribution in [0, 0.1) is 0 Å². The van der Waals surface area contributed by atoms with Crippen LogP contribution in [0.1, 0.15) is 26.5 Å². The normalized spacial score (nSPS) is 11.9. The smallest absolute Gasteiger partial charge is 0.180 e. The predicted octanol–water partition coefficient (Wildman–Crippen LogP) is 2.06. The van der Waals surface area contributed by atoms with E-state index in [1.54, 1.807) is 0 Å². The first-order chi connectivity index (χ1) is 6.97. The molecule has 0 aliphatic rings. The second kappa shape index (κ2) is 5.44. The van der Waals surface area contributed by atoms with E-state index in [1.165, 1.54) is 11.3 Å². The number of hydrogen-bond acceptors (Lipinski definition) is 5. The Bertz CT molecular complexity index is 294.